The molecule has 0 saturated heterocycles. The molecule has 0 bridgehead atoms. The lowest BCUT2D eigenvalue weighted by Crippen LogP contribution is -2.28. The molecule has 0 aromatic heterocycles. The van der Waals surface area contributed by atoms with E-state index in [2.05, 4.69) is 24.6 Å². The molecule has 1 aliphatic rings. The van der Waals surface area contributed by atoms with Crippen LogP contribution in [0.1, 0.15) is 30.6 Å². The van der Waals surface area contributed by atoms with Crippen LogP contribution >= 0.6 is 0 Å². The molecular weight excluding hydrogens is 202 g/mol. The van der Waals surface area contributed by atoms with Gasteiger partial charge >= 0.3 is 0 Å². The number of nitrogens with one attached hydrogen (secondary N) is 2. The van der Waals surface area contributed by atoms with Crippen molar-refractivity contribution in [2.75, 3.05) is 5.43 Å². The third-order valence-corrected chi connectivity index (χ3v) is 3.13. The smallest absolute Gasteiger partial charge is 0.251 e. The maximum absolute atomic E-state index is 11.8. The van der Waals surface area contributed by atoms with Crippen molar-refractivity contribution in [1.29, 1.82) is 0 Å². The molecule has 4 N–H and O–H groups in total. The van der Waals surface area contributed by atoms with Crippen molar-refractivity contribution in [3.63, 3.8) is 0 Å². The van der Waals surface area contributed by atoms with Crippen molar-refractivity contribution in [2.45, 2.75) is 26.3 Å². The molecule has 1 amide bonds. The SMILES string of the molecule is CC1(C)CC1NC(=O)c1ccc(NN)cc1. The Morgan fingerprint density at radius 2 is 1.94 bits per heavy atom. The minimum absolute atomic E-state index is 0.0147. The normalized spacial score (nSPS) is 21.3. The standard InChI is InChI=1S/C12H17N3O/c1-12(2)7-10(12)14-11(16)8-3-5-9(15-13)6-4-8/h3-6,10,15H,7,13H2,1-2H3,(H,14,16). The molecule has 1 saturated carbocycles. The summed E-state index contributed by atoms with van der Waals surface area (Å²) in [5, 5.41) is 3.01. The number of hydrogen-bond acceptors (Lipinski definition) is 3. The Labute approximate surface area is 95.2 Å². The van der Waals surface area contributed by atoms with Crippen LogP contribution in [-0.2, 0) is 0 Å². The minimum Gasteiger partial charge on any atom is -0.349 e. The number of hydrazine groups is 1. The lowest BCUT2D eigenvalue weighted by atomic mass is 10.1. The Morgan fingerprint density at radius 1 is 1.38 bits per heavy atom. The van der Waals surface area contributed by atoms with E-state index < -0.39 is 0 Å². The number of anilines is 1. The van der Waals surface area contributed by atoms with Gasteiger partial charge in [-0.2, -0.15) is 0 Å². The topological polar surface area (TPSA) is 67.2 Å². The summed E-state index contributed by atoms with van der Waals surface area (Å²) in [6, 6.07) is 7.41. The van der Waals surface area contributed by atoms with Crippen molar-refractivity contribution in [1.82, 2.24) is 5.32 Å². The quantitative estimate of drug-likeness (QED) is 0.533. The van der Waals surface area contributed by atoms with Gasteiger partial charge in [-0.3, -0.25) is 10.6 Å². The zero-order chi connectivity index (χ0) is 11.8. The van der Waals surface area contributed by atoms with Crippen LogP contribution in [0.3, 0.4) is 0 Å². The largest absolute Gasteiger partial charge is 0.349 e. The molecule has 4 heteroatoms. The fraction of sp³-hybridized carbons (Fsp3) is 0.417. The first-order valence-electron chi connectivity index (χ1n) is 5.40. The average Bonchev–Trinajstić information content (AvgIpc) is 2.86. The molecule has 16 heavy (non-hydrogen) atoms. The van der Waals surface area contributed by atoms with Gasteiger partial charge in [-0.25, -0.2) is 0 Å². The molecule has 2 rings (SSSR count). The van der Waals surface area contributed by atoms with Crippen LogP contribution in [0.25, 0.3) is 0 Å². The highest BCUT2D eigenvalue weighted by Gasteiger charge is 2.46. The first-order chi connectivity index (χ1) is 7.53. The van der Waals surface area contributed by atoms with Crippen molar-refractivity contribution in [3.05, 3.63) is 29.8 Å². The van der Waals surface area contributed by atoms with E-state index in [4.69, 9.17) is 5.84 Å². The van der Waals surface area contributed by atoms with Crippen LogP contribution in [0.4, 0.5) is 5.69 Å². The van der Waals surface area contributed by atoms with Crippen LogP contribution in [-0.4, -0.2) is 11.9 Å². The van der Waals surface area contributed by atoms with E-state index >= 15 is 0 Å². The van der Waals surface area contributed by atoms with Crippen LogP contribution in [0, 0.1) is 5.41 Å². The highest BCUT2D eigenvalue weighted by Crippen LogP contribution is 2.44. The van der Waals surface area contributed by atoms with Gasteiger partial charge in [0.2, 0.25) is 0 Å². The number of rotatable bonds is 3. The molecule has 0 heterocycles. The second-order valence-electron chi connectivity index (χ2n) is 4.94. The van der Waals surface area contributed by atoms with Crippen LogP contribution < -0.4 is 16.6 Å². The fourth-order valence-electron chi connectivity index (χ4n) is 1.67. The Bertz CT molecular complexity index is 397. The summed E-state index contributed by atoms with van der Waals surface area (Å²) < 4.78 is 0. The van der Waals surface area contributed by atoms with E-state index in [1.165, 1.54) is 0 Å². The van der Waals surface area contributed by atoms with Gasteiger partial charge in [-0.1, -0.05) is 13.8 Å². The van der Waals surface area contributed by atoms with E-state index in [-0.39, 0.29) is 11.3 Å². The molecule has 1 atom stereocenters. The number of benzene rings is 1. The number of nitrogen functional groups attached to an aromatic ring is 1. The highest BCUT2D eigenvalue weighted by molar-refractivity contribution is 5.95. The molecule has 1 aliphatic carbocycles. The maximum Gasteiger partial charge on any atom is 0.251 e. The van der Waals surface area contributed by atoms with Gasteiger partial charge < -0.3 is 10.7 Å². The third-order valence-electron chi connectivity index (χ3n) is 3.13. The Hall–Kier alpha value is -1.55. The number of amides is 1. The van der Waals surface area contributed by atoms with Gasteiger partial charge in [-0.15, -0.1) is 0 Å². The molecule has 0 radical (unpaired) electrons. The summed E-state index contributed by atoms with van der Waals surface area (Å²) in [5.41, 5.74) is 4.25. The number of carbonyl (C=O) groups is 1. The van der Waals surface area contributed by atoms with Gasteiger partial charge in [0.25, 0.3) is 5.91 Å². The van der Waals surface area contributed by atoms with Crippen molar-refractivity contribution in [2.24, 2.45) is 11.3 Å². The van der Waals surface area contributed by atoms with Crippen LogP contribution in [0.5, 0.6) is 0 Å². The van der Waals surface area contributed by atoms with E-state index in [0.717, 1.165) is 12.1 Å². The zero-order valence-electron chi connectivity index (χ0n) is 9.58. The highest BCUT2D eigenvalue weighted by atomic mass is 16.1. The van der Waals surface area contributed by atoms with Gasteiger partial charge in [0.05, 0.1) is 0 Å². The molecule has 0 spiro atoms. The van der Waals surface area contributed by atoms with E-state index in [1.807, 2.05) is 0 Å². The molecule has 4 nitrogen and oxygen atoms in total. The van der Waals surface area contributed by atoms with Gasteiger partial charge in [0.15, 0.2) is 0 Å². The molecule has 1 aromatic rings. The van der Waals surface area contributed by atoms with E-state index in [1.54, 1.807) is 24.3 Å². The lowest BCUT2D eigenvalue weighted by molar-refractivity contribution is 0.0946. The Morgan fingerprint density at radius 3 is 2.38 bits per heavy atom. The molecular formula is C12H17N3O. The maximum atomic E-state index is 11.8. The summed E-state index contributed by atoms with van der Waals surface area (Å²) in [5.74, 6) is 5.24. The van der Waals surface area contributed by atoms with E-state index in [0.29, 0.717) is 11.6 Å². The number of nitrogens with two attached hydrogens (primary N) is 1. The number of hydrogen-bond donors (Lipinski definition) is 3. The summed E-state index contributed by atoms with van der Waals surface area (Å²) in [6.07, 6.45) is 1.06. The second-order valence-corrected chi connectivity index (χ2v) is 4.94. The van der Waals surface area contributed by atoms with Gasteiger partial charge in [-0.05, 0) is 36.1 Å². The van der Waals surface area contributed by atoms with Gasteiger partial charge in [0, 0.05) is 17.3 Å². The monoisotopic (exact) mass is 219 g/mol. The first kappa shape index (κ1) is 11.0. The summed E-state index contributed by atoms with van der Waals surface area (Å²) in [4.78, 5) is 11.8. The molecule has 0 aliphatic heterocycles. The number of carbonyl (C=O) groups excluding carboxylic acids is 1. The first-order valence-corrected chi connectivity index (χ1v) is 5.40. The zero-order valence-corrected chi connectivity index (χ0v) is 9.58. The summed E-state index contributed by atoms with van der Waals surface area (Å²) >= 11 is 0. The second kappa shape index (κ2) is 3.79. The molecule has 1 unspecified atom stereocenters. The van der Waals surface area contributed by atoms with Crippen LogP contribution in [0.15, 0.2) is 24.3 Å². The van der Waals surface area contributed by atoms with Crippen molar-refractivity contribution in [3.8, 4) is 0 Å². The third kappa shape index (κ3) is 2.17. The Kier molecular flexibility index (Phi) is 2.59. The lowest BCUT2D eigenvalue weighted by Gasteiger charge is -2.07. The minimum atomic E-state index is -0.0147. The Balaban J connectivity index is 1.99. The molecule has 1 aromatic carbocycles. The predicted octanol–water partition coefficient (Wildman–Crippen LogP) is 1.50. The predicted molar refractivity (Wildman–Crippen MR) is 63.9 cm³/mol. The fourth-order valence-corrected chi connectivity index (χ4v) is 1.67. The van der Waals surface area contributed by atoms with Crippen LogP contribution in [0.2, 0.25) is 0 Å². The van der Waals surface area contributed by atoms with Crippen molar-refractivity contribution >= 4 is 11.6 Å². The van der Waals surface area contributed by atoms with E-state index in [9.17, 15) is 4.79 Å². The van der Waals surface area contributed by atoms with Gasteiger partial charge in [0.1, 0.15) is 0 Å². The molecule has 1 fully saturated rings. The van der Waals surface area contributed by atoms with Crippen molar-refractivity contribution < 1.29 is 4.79 Å². The summed E-state index contributed by atoms with van der Waals surface area (Å²) in [7, 11) is 0. The summed E-state index contributed by atoms with van der Waals surface area (Å²) in [6.45, 7) is 4.30. The molecule has 86 valence electrons. The average molecular weight is 219 g/mol.